The van der Waals surface area contributed by atoms with Crippen LogP contribution in [0.1, 0.15) is 25.1 Å². The first-order valence-corrected chi connectivity index (χ1v) is 9.71. The Kier molecular flexibility index (Phi) is 5.77. The number of carbonyl (C=O) groups is 1. The van der Waals surface area contributed by atoms with Crippen LogP contribution in [-0.4, -0.2) is 52.3 Å². The number of carbonyl (C=O) groups excluding carboxylic acids is 1. The monoisotopic (exact) mass is 389 g/mol. The summed E-state index contributed by atoms with van der Waals surface area (Å²) in [5.74, 6) is 0.0211. The summed E-state index contributed by atoms with van der Waals surface area (Å²) in [6.45, 7) is 10.3. The number of rotatable bonds is 4. The molecular formula is C20H28ClN5O. The third-order valence-electron chi connectivity index (χ3n) is 5.16. The molecule has 2 heterocycles. The van der Waals surface area contributed by atoms with Gasteiger partial charge in [0.2, 0.25) is 5.91 Å². The minimum atomic E-state index is 0.0211. The summed E-state index contributed by atoms with van der Waals surface area (Å²) in [4.78, 5) is 17.0. The van der Waals surface area contributed by atoms with Gasteiger partial charge in [-0.15, -0.1) is 0 Å². The number of anilines is 2. The quantitative estimate of drug-likeness (QED) is 0.872. The fourth-order valence-corrected chi connectivity index (χ4v) is 4.29. The lowest BCUT2D eigenvalue weighted by atomic mass is 10.1. The van der Waals surface area contributed by atoms with Crippen LogP contribution in [0.3, 0.4) is 0 Å². The topological polar surface area (TPSA) is 53.4 Å². The Bertz CT molecular complexity index is 822. The van der Waals surface area contributed by atoms with E-state index >= 15 is 0 Å². The van der Waals surface area contributed by atoms with Gasteiger partial charge in [0.05, 0.1) is 17.9 Å². The number of hydrogen-bond acceptors (Lipinski definition) is 4. The maximum Gasteiger partial charge on any atom is 0.238 e. The van der Waals surface area contributed by atoms with E-state index in [1.165, 1.54) is 0 Å². The van der Waals surface area contributed by atoms with Gasteiger partial charge in [0.1, 0.15) is 5.15 Å². The van der Waals surface area contributed by atoms with Crippen molar-refractivity contribution in [2.24, 2.45) is 7.05 Å². The van der Waals surface area contributed by atoms with E-state index in [0.29, 0.717) is 11.7 Å². The van der Waals surface area contributed by atoms with Crippen LogP contribution in [-0.2, 0) is 11.8 Å². The molecule has 1 fully saturated rings. The average Bonchev–Trinajstić information content (AvgIpc) is 2.83. The van der Waals surface area contributed by atoms with Crippen LogP contribution >= 0.6 is 11.6 Å². The summed E-state index contributed by atoms with van der Waals surface area (Å²) in [6.07, 6.45) is 0. The van der Waals surface area contributed by atoms with Gasteiger partial charge < -0.3 is 10.2 Å². The van der Waals surface area contributed by atoms with Gasteiger partial charge in [-0.3, -0.25) is 14.4 Å². The zero-order valence-corrected chi connectivity index (χ0v) is 17.4. The van der Waals surface area contributed by atoms with E-state index < -0.39 is 0 Å². The summed E-state index contributed by atoms with van der Waals surface area (Å²) < 4.78 is 1.72. The van der Waals surface area contributed by atoms with Crippen molar-refractivity contribution in [3.05, 3.63) is 40.7 Å². The highest BCUT2D eigenvalue weighted by Gasteiger charge is 2.33. The van der Waals surface area contributed by atoms with Crippen LogP contribution < -0.4 is 10.2 Å². The first-order valence-electron chi connectivity index (χ1n) is 9.33. The molecule has 0 saturated carbocycles. The van der Waals surface area contributed by atoms with E-state index in [2.05, 4.69) is 34.1 Å². The van der Waals surface area contributed by atoms with Crippen LogP contribution in [0.15, 0.2) is 24.3 Å². The number of nitrogens with one attached hydrogen (secondary N) is 1. The van der Waals surface area contributed by atoms with Crippen molar-refractivity contribution >= 4 is 28.9 Å². The second-order valence-corrected chi connectivity index (χ2v) is 7.87. The molecule has 2 aromatic rings. The van der Waals surface area contributed by atoms with Crippen molar-refractivity contribution in [3.63, 3.8) is 0 Å². The number of aromatic nitrogens is 2. The molecule has 6 nitrogen and oxygen atoms in total. The minimum absolute atomic E-state index is 0.0211. The molecule has 2 unspecified atom stereocenters. The standard InChI is InChI=1S/C20H28ClN5O/c1-13-8-6-7-9-17(13)22-18(27)12-25-10-14(2)26(15(3)11-25)19-16(4)23-24(5)20(19)21/h6-9,14-15H,10-12H2,1-5H3,(H,22,27). The average molecular weight is 390 g/mol. The van der Waals surface area contributed by atoms with E-state index in [4.69, 9.17) is 11.6 Å². The minimum Gasteiger partial charge on any atom is -0.360 e. The zero-order chi connectivity index (χ0) is 19.7. The molecule has 1 aromatic carbocycles. The molecule has 7 heteroatoms. The van der Waals surface area contributed by atoms with Crippen LogP contribution in [0.2, 0.25) is 5.15 Å². The Hall–Kier alpha value is -2.05. The highest BCUT2D eigenvalue weighted by atomic mass is 35.5. The van der Waals surface area contributed by atoms with Gasteiger partial charge >= 0.3 is 0 Å². The molecule has 1 amide bonds. The van der Waals surface area contributed by atoms with Crippen molar-refractivity contribution in [2.75, 3.05) is 29.9 Å². The van der Waals surface area contributed by atoms with Crippen molar-refractivity contribution < 1.29 is 4.79 Å². The number of piperazine rings is 1. The molecule has 0 bridgehead atoms. The lowest BCUT2D eigenvalue weighted by molar-refractivity contribution is -0.117. The van der Waals surface area contributed by atoms with Crippen molar-refractivity contribution in [1.82, 2.24) is 14.7 Å². The fraction of sp³-hybridized carbons (Fsp3) is 0.500. The second kappa shape index (κ2) is 7.90. The first kappa shape index (κ1) is 19.7. The molecule has 27 heavy (non-hydrogen) atoms. The number of para-hydroxylation sites is 1. The molecular weight excluding hydrogens is 362 g/mol. The van der Waals surface area contributed by atoms with E-state index in [1.54, 1.807) is 4.68 Å². The summed E-state index contributed by atoms with van der Waals surface area (Å²) in [6, 6.07) is 8.31. The van der Waals surface area contributed by atoms with Crippen LogP contribution in [0, 0.1) is 13.8 Å². The Balaban J connectivity index is 1.66. The molecule has 146 valence electrons. The molecule has 1 aliphatic heterocycles. The predicted octanol–water partition coefficient (Wildman–Crippen LogP) is 3.23. The van der Waals surface area contributed by atoms with Crippen molar-refractivity contribution in [2.45, 2.75) is 39.8 Å². The first-order chi connectivity index (χ1) is 12.8. The van der Waals surface area contributed by atoms with Crippen LogP contribution in [0.5, 0.6) is 0 Å². The number of nitrogens with zero attached hydrogens (tertiary/aromatic N) is 4. The van der Waals surface area contributed by atoms with Crippen LogP contribution in [0.4, 0.5) is 11.4 Å². The molecule has 0 radical (unpaired) electrons. The summed E-state index contributed by atoms with van der Waals surface area (Å²) >= 11 is 6.48. The Labute approximate surface area is 166 Å². The maximum atomic E-state index is 12.5. The molecule has 1 aromatic heterocycles. The highest BCUT2D eigenvalue weighted by Crippen LogP contribution is 2.33. The molecule has 3 rings (SSSR count). The number of hydrogen-bond donors (Lipinski definition) is 1. The van der Waals surface area contributed by atoms with Gasteiger partial charge in [0.25, 0.3) is 0 Å². The SMILES string of the molecule is Cc1ccccc1NC(=O)CN1CC(C)N(c2c(C)nn(C)c2Cl)C(C)C1. The normalized spacial score (nSPS) is 20.7. The number of halogens is 1. The molecule has 1 N–H and O–H groups in total. The molecule has 1 aliphatic rings. The van der Waals surface area contributed by atoms with Crippen LogP contribution in [0.25, 0.3) is 0 Å². The third kappa shape index (κ3) is 4.12. The van der Waals surface area contributed by atoms with Crippen molar-refractivity contribution in [1.29, 1.82) is 0 Å². The smallest absolute Gasteiger partial charge is 0.238 e. The fourth-order valence-electron chi connectivity index (χ4n) is 4.02. The maximum absolute atomic E-state index is 12.5. The number of amides is 1. The predicted molar refractivity (Wildman–Crippen MR) is 111 cm³/mol. The van der Waals surface area contributed by atoms with E-state index in [9.17, 15) is 4.79 Å². The van der Waals surface area contributed by atoms with Gasteiger partial charge in [-0.1, -0.05) is 29.8 Å². The van der Waals surface area contributed by atoms with Gasteiger partial charge in [0, 0.05) is 37.9 Å². The van der Waals surface area contributed by atoms with Gasteiger partial charge in [0.15, 0.2) is 0 Å². The van der Waals surface area contributed by atoms with Gasteiger partial charge in [-0.2, -0.15) is 5.10 Å². The molecule has 2 atom stereocenters. The summed E-state index contributed by atoms with van der Waals surface area (Å²) in [5, 5.41) is 8.13. The van der Waals surface area contributed by atoms with Gasteiger partial charge in [-0.05, 0) is 39.3 Å². The number of aryl methyl sites for hydroxylation is 3. The molecule has 0 aliphatic carbocycles. The highest BCUT2D eigenvalue weighted by molar-refractivity contribution is 6.32. The summed E-state index contributed by atoms with van der Waals surface area (Å²) in [7, 11) is 1.86. The Morgan fingerprint density at radius 1 is 1.22 bits per heavy atom. The summed E-state index contributed by atoms with van der Waals surface area (Å²) in [5.41, 5.74) is 3.88. The molecule has 1 saturated heterocycles. The lowest BCUT2D eigenvalue weighted by Crippen LogP contribution is -2.58. The van der Waals surface area contributed by atoms with Crippen molar-refractivity contribution in [3.8, 4) is 0 Å². The van der Waals surface area contributed by atoms with Gasteiger partial charge in [-0.25, -0.2) is 0 Å². The second-order valence-electron chi connectivity index (χ2n) is 7.51. The van der Waals surface area contributed by atoms with E-state index in [-0.39, 0.29) is 18.0 Å². The zero-order valence-electron chi connectivity index (χ0n) is 16.7. The third-order valence-corrected chi connectivity index (χ3v) is 5.59. The Morgan fingerprint density at radius 3 is 2.41 bits per heavy atom. The lowest BCUT2D eigenvalue weighted by Gasteiger charge is -2.45. The largest absolute Gasteiger partial charge is 0.360 e. The number of benzene rings is 1. The van der Waals surface area contributed by atoms with E-state index in [0.717, 1.165) is 35.7 Å². The van der Waals surface area contributed by atoms with E-state index in [1.807, 2.05) is 45.2 Å². The Morgan fingerprint density at radius 2 is 1.85 bits per heavy atom. The molecule has 0 spiro atoms.